The predicted molar refractivity (Wildman–Crippen MR) is 129 cm³/mol. The van der Waals surface area contributed by atoms with Crippen LogP contribution in [0.4, 0.5) is 5.69 Å². The first-order chi connectivity index (χ1) is 15.9. The number of carbonyl (C=O) groups excluding carboxylic acids is 1. The number of hydrogen-bond acceptors (Lipinski definition) is 4. The van der Waals surface area contributed by atoms with Crippen molar-refractivity contribution in [1.29, 1.82) is 0 Å². The Labute approximate surface area is 192 Å². The van der Waals surface area contributed by atoms with Crippen molar-refractivity contribution in [2.24, 2.45) is 0 Å². The van der Waals surface area contributed by atoms with Gasteiger partial charge in [0.15, 0.2) is 5.43 Å². The molecular weight excluding hydrogens is 414 g/mol. The third kappa shape index (κ3) is 3.41. The third-order valence-corrected chi connectivity index (χ3v) is 6.28. The van der Waals surface area contributed by atoms with Crippen LogP contribution in [-0.4, -0.2) is 12.5 Å². The Morgan fingerprint density at radius 2 is 1.76 bits per heavy atom. The molecule has 0 fully saturated rings. The van der Waals surface area contributed by atoms with E-state index in [1.807, 2.05) is 82.3 Å². The molecule has 5 rings (SSSR count). The Kier molecular flexibility index (Phi) is 5.05. The maximum Gasteiger partial charge on any atom is 0.295 e. The zero-order valence-electron chi connectivity index (χ0n) is 19.1. The molecule has 4 aromatic rings. The van der Waals surface area contributed by atoms with Gasteiger partial charge in [0.1, 0.15) is 11.3 Å². The Morgan fingerprint density at radius 1 is 0.939 bits per heavy atom. The molecule has 0 aliphatic carbocycles. The fraction of sp³-hybridized carbons (Fsp3) is 0.214. The minimum atomic E-state index is -0.615. The molecule has 0 bridgehead atoms. The number of nitrogens with zero attached hydrogens (tertiary/aromatic N) is 1. The normalized spacial score (nSPS) is 15.2. The molecule has 3 aromatic carbocycles. The molecular formula is C28H25NO4. The maximum absolute atomic E-state index is 13.7. The van der Waals surface area contributed by atoms with Gasteiger partial charge in [0, 0.05) is 5.69 Å². The van der Waals surface area contributed by atoms with Crippen molar-refractivity contribution in [3.05, 3.63) is 104 Å². The minimum absolute atomic E-state index is 0.0985. The molecule has 5 nitrogen and oxygen atoms in total. The van der Waals surface area contributed by atoms with Gasteiger partial charge in [-0.05, 0) is 80.8 Å². The van der Waals surface area contributed by atoms with E-state index >= 15 is 0 Å². The molecule has 1 aliphatic heterocycles. The molecule has 0 saturated carbocycles. The van der Waals surface area contributed by atoms with Crippen LogP contribution in [0.1, 0.15) is 51.3 Å². The summed E-state index contributed by atoms with van der Waals surface area (Å²) < 4.78 is 11.8. The number of ether oxygens (including phenoxy) is 1. The lowest BCUT2D eigenvalue weighted by atomic mass is 9.97. The van der Waals surface area contributed by atoms with Gasteiger partial charge < -0.3 is 9.15 Å². The summed E-state index contributed by atoms with van der Waals surface area (Å²) >= 11 is 0. The van der Waals surface area contributed by atoms with Crippen LogP contribution in [0.25, 0.3) is 11.0 Å². The van der Waals surface area contributed by atoms with Crippen LogP contribution in [0.5, 0.6) is 5.75 Å². The molecule has 1 unspecified atom stereocenters. The van der Waals surface area contributed by atoms with Crippen molar-refractivity contribution in [1.82, 2.24) is 0 Å². The smallest absolute Gasteiger partial charge is 0.295 e. The molecule has 0 saturated heterocycles. The Balaban J connectivity index is 1.80. The summed E-state index contributed by atoms with van der Waals surface area (Å²) in [5.41, 5.74) is 5.28. The van der Waals surface area contributed by atoms with Crippen LogP contribution in [0.2, 0.25) is 0 Å². The molecule has 166 valence electrons. The average molecular weight is 440 g/mol. The number of carbonyl (C=O) groups is 1. The predicted octanol–water partition coefficient (Wildman–Crippen LogP) is 5.87. The van der Waals surface area contributed by atoms with Crippen LogP contribution >= 0.6 is 0 Å². The summed E-state index contributed by atoms with van der Waals surface area (Å²) in [4.78, 5) is 29.1. The van der Waals surface area contributed by atoms with Crippen molar-refractivity contribution in [3.63, 3.8) is 0 Å². The van der Waals surface area contributed by atoms with Gasteiger partial charge in [-0.1, -0.05) is 29.8 Å². The van der Waals surface area contributed by atoms with Crippen LogP contribution in [0, 0.1) is 20.8 Å². The van der Waals surface area contributed by atoms with E-state index < -0.39 is 6.04 Å². The van der Waals surface area contributed by atoms with Crippen LogP contribution in [0.3, 0.4) is 0 Å². The Hall–Kier alpha value is -3.86. The molecule has 1 aliphatic rings. The highest BCUT2D eigenvalue weighted by Crippen LogP contribution is 2.42. The largest absolute Gasteiger partial charge is 0.494 e. The summed E-state index contributed by atoms with van der Waals surface area (Å²) in [5.74, 6) is 0.470. The SMILES string of the molecule is CCOc1cccc(C2c3c(oc4ccc(C)cc4c3=O)C(=O)N2c2ccc(C)c(C)c2)c1. The van der Waals surface area contributed by atoms with E-state index in [1.165, 1.54) is 0 Å². The molecule has 2 heterocycles. The van der Waals surface area contributed by atoms with Gasteiger partial charge in [0.2, 0.25) is 5.76 Å². The Bertz CT molecular complexity index is 1470. The van der Waals surface area contributed by atoms with Crippen LogP contribution < -0.4 is 15.1 Å². The van der Waals surface area contributed by atoms with E-state index in [4.69, 9.17) is 9.15 Å². The lowest BCUT2D eigenvalue weighted by molar-refractivity contribution is 0.0971. The first-order valence-electron chi connectivity index (χ1n) is 11.1. The topological polar surface area (TPSA) is 59.8 Å². The standard InChI is InChI=1S/C28H25NO4/c1-5-32-21-8-6-7-19(15-21)25-24-26(30)22-13-16(2)9-12-23(22)33-27(24)28(31)29(25)20-11-10-17(3)18(4)14-20/h6-15,25H,5H2,1-4H3. The molecule has 33 heavy (non-hydrogen) atoms. The van der Waals surface area contributed by atoms with Crippen molar-refractivity contribution in [3.8, 4) is 5.75 Å². The quantitative estimate of drug-likeness (QED) is 0.399. The number of anilines is 1. The van der Waals surface area contributed by atoms with Crippen LogP contribution in [0.15, 0.2) is 69.9 Å². The van der Waals surface area contributed by atoms with Crippen molar-refractivity contribution < 1.29 is 13.9 Å². The molecule has 1 atom stereocenters. The van der Waals surface area contributed by atoms with E-state index in [-0.39, 0.29) is 17.1 Å². The van der Waals surface area contributed by atoms with Gasteiger partial charge in [-0.3, -0.25) is 14.5 Å². The molecule has 5 heteroatoms. The van der Waals surface area contributed by atoms with E-state index in [9.17, 15) is 9.59 Å². The fourth-order valence-electron chi connectivity index (χ4n) is 4.48. The zero-order chi connectivity index (χ0) is 23.3. The fourth-order valence-corrected chi connectivity index (χ4v) is 4.48. The lowest BCUT2D eigenvalue weighted by Crippen LogP contribution is -2.29. The van der Waals surface area contributed by atoms with Crippen molar-refractivity contribution in [2.45, 2.75) is 33.7 Å². The van der Waals surface area contributed by atoms with Gasteiger partial charge in [-0.15, -0.1) is 0 Å². The summed E-state index contributed by atoms with van der Waals surface area (Å²) in [7, 11) is 0. The van der Waals surface area contributed by atoms with E-state index in [2.05, 4.69) is 0 Å². The van der Waals surface area contributed by atoms with Crippen molar-refractivity contribution in [2.75, 3.05) is 11.5 Å². The zero-order valence-corrected chi connectivity index (χ0v) is 19.1. The highest BCUT2D eigenvalue weighted by Gasteiger charge is 2.43. The maximum atomic E-state index is 13.7. The molecule has 0 spiro atoms. The van der Waals surface area contributed by atoms with Gasteiger partial charge in [0.25, 0.3) is 5.91 Å². The Morgan fingerprint density at radius 3 is 2.52 bits per heavy atom. The number of aryl methyl sites for hydroxylation is 3. The minimum Gasteiger partial charge on any atom is -0.494 e. The summed E-state index contributed by atoms with van der Waals surface area (Å²) in [6, 6.07) is 18.3. The van der Waals surface area contributed by atoms with E-state index in [1.54, 1.807) is 11.0 Å². The lowest BCUT2D eigenvalue weighted by Gasteiger charge is -2.26. The second-order valence-electron chi connectivity index (χ2n) is 8.53. The highest BCUT2D eigenvalue weighted by atomic mass is 16.5. The summed E-state index contributed by atoms with van der Waals surface area (Å²) in [6.07, 6.45) is 0. The van der Waals surface area contributed by atoms with E-state index in [0.29, 0.717) is 28.9 Å². The van der Waals surface area contributed by atoms with Gasteiger partial charge in [-0.2, -0.15) is 0 Å². The van der Waals surface area contributed by atoms with Crippen molar-refractivity contribution >= 4 is 22.6 Å². The van der Waals surface area contributed by atoms with Gasteiger partial charge in [0.05, 0.1) is 23.6 Å². The first kappa shape index (κ1) is 21.0. The average Bonchev–Trinajstić information content (AvgIpc) is 3.09. The molecule has 1 aromatic heterocycles. The number of benzene rings is 3. The summed E-state index contributed by atoms with van der Waals surface area (Å²) in [5, 5.41) is 0.481. The first-order valence-corrected chi connectivity index (χ1v) is 11.1. The number of hydrogen-bond donors (Lipinski definition) is 0. The number of fused-ring (bicyclic) bond motifs is 2. The molecule has 0 N–H and O–H groups in total. The summed E-state index contributed by atoms with van der Waals surface area (Å²) in [6.45, 7) is 8.42. The number of rotatable bonds is 4. The van der Waals surface area contributed by atoms with Gasteiger partial charge >= 0.3 is 0 Å². The van der Waals surface area contributed by atoms with Crippen LogP contribution in [-0.2, 0) is 0 Å². The van der Waals surface area contributed by atoms with Gasteiger partial charge in [-0.25, -0.2) is 0 Å². The monoisotopic (exact) mass is 439 g/mol. The second-order valence-corrected chi connectivity index (χ2v) is 8.53. The number of amides is 1. The molecule has 1 amide bonds. The third-order valence-electron chi connectivity index (χ3n) is 6.28. The second kappa shape index (κ2) is 7.93. The molecule has 0 radical (unpaired) electrons. The van der Waals surface area contributed by atoms with E-state index in [0.717, 1.165) is 27.9 Å². The highest BCUT2D eigenvalue weighted by molar-refractivity contribution is 6.10.